The summed E-state index contributed by atoms with van der Waals surface area (Å²) >= 11 is 15.2. The van der Waals surface area contributed by atoms with Gasteiger partial charge in [-0.05, 0) is 35.9 Å². The van der Waals surface area contributed by atoms with Gasteiger partial charge >= 0.3 is 0 Å². The molecule has 2 aromatic rings. The molecule has 1 N–H and O–H groups in total. The molecule has 1 amide bonds. The van der Waals surface area contributed by atoms with E-state index in [1.165, 1.54) is 0 Å². The number of carbonyl (C=O) groups excluding carboxylic acids is 1. The Bertz CT molecular complexity index is 616. The molecular weight excluding hydrogens is 349 g/mol. The quantitative estimate of drug-likeness (QED) is 0.847. The molecule has 0 aliphatic rings. The lowest BCUT2D eigenvalue weighted by molar-refractivity contribution is 0.0951. The zero-order valence-corrected chi connectivity index (χ0v) is 12.9. The lowest BCUT2D eigenvalue weighted by Gasteiger charge is -2.07. The Morgan fingerprint density at radius 3 is 2.68 bits per heavy atom. The van der Waals surface area contributed by atoms with E-state index in [4.69, 9.17) is 23.2 Å². The van der Waals surface area contributed by atoms with Gasteiger partial charge in [-0.15, -0.1) is 0 Å². The van der Waals surface area contributed by atoms with Crippen molar-refractivity contribution in [3.63, 3.8) is 0 Å². The predicted molar refractivity (Wildman–Crippen MR) is 81.8 cm³/mol. The van der Waals surface area contributed by atoms with Crippen LogP contribution in [0.25, 0.3) is 0 Å². The summed E-state index contributed by atoms with van der Waals surface area (Å²) in [5.41, 5.74) is 1.38. The summed E-state index contributed by atoms with van der Waals surface area (Å²) in [5, 5.41) is 3.68. The average Bonchev–Trinajstić information content (AvgIpc) is 2.39. The lowest BCUT2D eigenvalue weighted by atomic mass is 10.2. The monoisotopic (exact) mass is 357 g/mol. The van der Waals surface area contributed by atoms with E-state index < -0.39 is 0 Å². The van der Waals surface area contributed by atoms with E-state index in [0.29, 0.717) is 22.2 Å². The fourth-order valence-corrected chi connectivity index (χ4v) is 2.42. The number of benzene rings is 2. The van der Waals surface area contributed by atoms with Crippen molar-refractivity contribution in [1.29, 1.82) is 0 Å². The van der Waals surface area contributed by atoms with Gasteiger partial charge in [-0.3, -0.25) is 4.79 Å². The topological polar surface area (TPSA) is 29.1 Å². The first-order chi connectivity index (χ1) is 9.06. The second kappa shape index (κ2) is 6.42. The molecule has 19 heavy (non-hydrogen) atoms. The molecule has 2 rings (SSSR count). The molecule has 0 atom stereocenters. The van der Waals surface area contributed by atoms with E-state index in [0.717, 1.165) is 10.0 Å². The Kier molecular flexibility index (Phi) is 4.86. The van der Waals surface area contributed by atoms with Gasteiger partial charge in [0.2, 0.25) is 0 Å². The summed E-state index contributed by atoms with van der Waals surface area (Å²) in [4.78, 5) is 12.0. The van der Waals surface area contributed by atoms with Gasteiger partial charge in [-0.1, -0.05) is 51.3 Å². The van der Waals surface area contributed by atoms with E-state index >= 15 is 0 Å². The molecule has 2 nitrogen and oxygen atoms in total. The molecular formula is C14H10BrCl2NO. The van der Waals surface area contributed by atoms with Crippen LogP contribution in [-0.4, -0.2) is 5.91 Å². The summed E-state index contributed by atoms with van der Waals surface area (Å²) in [6, 6.07) is 12.5. The van der Waals surface area contributed by atoms with Crippen molar-refractivity contribution in [2.75, 3.05) is 0 Å². The van der Waals surface area contributed by atoms with Crippen molar-refractivity contribution in [2.45, 2.75) is 6.54 Å². The fourth-order valence-electron chi connectivity index (χ4n) is 1.60. The number of amides is 1. The number of nitrogens with one attached hydrogen (secondary N) is 1. The third-order valence-corrected chi connectivity index (χ3v) is 3.57. The zero-order valence-electron chi connectivity index (χ0n) is 9.79. The van der Waals surface area contributed by atoms with Crippen LogP contribution in [0.2, 0.25) is 10.0 Å². The molecule has 0 aromatic heterocycles. The van der Waals surface area contributed by atoms with Crippen LogP contribution in [-0.2, 0) is 6.54 Å². The minimum Gasteiger partial charge on any atom is -0.348 e. The van der Waals surface area contributed by atoms with Gasteiger partial charge in [-0.2, -0.15) is 0 Å². The van der Waals surface area contributed by atoms with E-state index in [1.807, 2.05) is 24.3 Å². The summed E-state index contributed by atoms with van der Waals surface area (Å²) in [5.74, 6) is -0.243. The van der Waals surface area contributed by atoms with E-state index in [9.17, 15) is 4.79 Å². The lowest BCUT2D eigenvalue weighted by Crippen LogP contribution is -2.23. The third-order valence-electron chi connectivity index (χ3n) is 2.52. The van der Waals surface area contributed by atoms with Crippen molar-refractivity contribution >= 4 is 45.0 Å². The largest absolute Gasteiger partial charge is 0.348 e. The summed E-state index contributed by atoms with van der Waals surface area (Å²) in [7, 11) is 0. The first kappa shape index (κ1) is 14.4. The molecule has 0 fully saturated rings. The van der Waals surface area contributed by atoms with Crippen molar-refractivity contribution in [1.82, 2.24) is 5.32 Å². The van der Waals surface area contributed by atoms with Crippen LogP contribution in [0.3, 0.4) is 0 Å². The highest BCUT2D eigenvalue weighted by Gasteiger charge is 2.10. The van der Waals surface area contributed by atoms with Crippen molar-refractivity contribution in [3.8, 4) is 0 Å². The number of halogens is 3. The minimum atomic E-state index is -0.243. The normalized spacial score (nSPS) is 10.3. The van der Waals surface area contributed by atoms with Crippen LogP contribution < -0.4 is 5.32 Å². The van der Waals surface area contributed by atoms with Crippen LogP contribution in [0.15, 0.2) is 46.9 Å². The molecule has 98 valence electrons. The first-order valence-corrected chi connectivity index (χ1v) is 7.09. The molecule has 0 aliphatic heterocycles. The highest BCUT2D eigenvalue weighted by molar-refractivity contribution is 9.10. The predicted octanol–water partition coefficient (Wildman–Crippen LogP) is 4.69. The molecule has 5 heteroatoms. The summed E-state index contributed by atoms with van der Waals surface area (Å²) in [6.07, 6.45) is 0. The highest BCUT2D eigenvalue weighted by Crippen LogP contribution is 2.20. The minimum absolute atomic E-state index is 0.243. The first-order valence-electron chi connectivity index (χ1n) is 5.54. The molecule has 0 spiro atoms. The molecule has 2 aromatic carbocycles. The molecule has 0 heterocycles. The number of hydrogen-bond acceptors (Lipinski definition) is 1. The second-order valence-corrected chi connectivity index (χ2v) is 5.70. The maximum atomic E-state index is 12.0. The maximum absolute atomic E-state index is 12.0. The fraction of sp³-hybridized carbons (Fsp3) is 0.0714. The zero-order chi connectivity index (χ0) is 13.8. The van der Waals surface area contributed by atoms with Crippen LogP contribution in [0.5, 0.6) is 0 Å². The molecule has 0 radical (unpaired) electrons. The van der Waals surface area contributed by atoms with Gasteiger partial charge in [-0.25, -0.2) is 0 Å². The Balaban J connectivity index is 2.07. The summed E-state index contributed by atoms with van der Waals surface area (Å²) in [6.45, 7) is 0.432. The second-order valence-electron chi connectivity index (χ2n) is 3.94. The Labute approximate surface area is 129 Å². The van der Waals surface area contributed by atoms with Gasteiger partial charge in [0.05, 0.1) is 10.6 Å². The molecule has 0 unspecified atom stereocenters. The van der Waals surface area contributed by atoms with Crippen molar-refractivity contribution in [2.24, 2.45) is 0 Å². The third kappa shape index (κ3) is 3.96. The Morgan fingerprint density at radius 1 is 1.16 bits per heavy atom. The highest BCUT2D eigenvalue weighted by atomic mass is 79.9. The van der Waals surface area contributed by atoms with Crippen LogP contribution >= 0.6 is 39.1 Å². The van der Waals surface area contributed by atoms with Crippen LogP contribution in [0, 0.1) is 0 Å². The maximum Gasteiger partial charge on any atom is 0.253 e. The average molecular weight is 359 g/mol. The van der Waals surface area contributed by atoms with Crippen LogP contribution in [0.4, 0.5) is 0 Å². The number of carbonyl (C=O) groups is 1. The van der Waals surface area contributed by atoms with Gasteiger partial charge in [0.1, 0.15) is 0 Å². The SMILES string of the molecule is O=C(NCc1cccc(Br)c1)c1cc(Cl)ccc1Cl. The Hall–Kier alpha value is -1.03. The molecule has 0 saturated heterocycles. The smallest absolute Gasteiger partial charge is 0.253 e. The van der Waals surface area contributed by atoms with Gasteiger partial charge in [0.25, 0.3) is 5.91 Å². The molecule has 0 saturated carbocycles. The standard InChI is InChI=1S/C14H10BrCl2NO/c15-10-3-1-2-9(6-10)8-18-14(19)12-7-11(16)4-5-13(12)17/h1-7H,8H2,(H,18,19). The van der Waals surface area contributed by atoms with Gasteiger partial charge in [0.15, 0.2) is 0 Å². The van der Waals surface area contributed by atoms with E-state index in [1.54, 1.807) is 18.2 Å². The van der Waals surface area contributed by atoms with Crippen molar-refractivity contribution < 1.29 is 4.79 Å². The van der Waals surface area contributed by atoms with Crippen molar-refractivity contribution in [3.05, 3.63) is 68.1 Å². The summed E-state index contributed by atoms with van der Waals surface area (Å²) < 4.78 is 0.972. The molecule has 0 aliphatic carbocycles. The van der Waals surface area contributed by atoms with Gasteiger partial charge < -0.3 is 5.32 Å². The van der Waals surface area contributed by atoms with E-state index in [2.05, 4.69) is 21.2 Å². The van der Waals surface area contributed by atoms with E-state index in [-0.39, 0.29) is 5.91 Å². The number of hydrogen-bond donors (Lipinski definition) is 1. The van der Waals surface area contributed by atoms with Gasteiger partial charge in [0, 0.05) is 16.0 Å². The number of rotatable bonds is 3. The Morgan fingerprint density at radius 2 is 1.95 bits per heavy atom. The molecule has 0 bridgehead atoms. The van der Waals surface area contributed by atoms with Crippen LogP contribution in [0.1, 0.15) is 15.9 Å².